The lowest BCUT2D eigenvalue weighted by Crippen LogP contribution is -1.80. The summed E-state index contributed by atoms with van der Waals surface area (Å²) >= 11 is 0. The van der Waals surface area contributed by atoms with Crippen LogP contribution in [-0.4, -0.2) is 0 Å². The molecule has 0 fully saturated rings. The highest BCUT2D eigenvalue weighted by Gasteiger charge is 1.90. The van der Waals surface area contributed by atoms with E-state index in [1.54, 1.807) is 0 Å². The van der Waals surface area contributed by atoms with Crippen molar-refractivity contribution in [2.75, 3.05) is 0 Å². The van der Waals surface area contributed by atoms with Crippen LogP contribution in [0.3, 0.4) is 0 Å². The van der Waals surface area contributed by atoms with Crippen molar-refractivity contribution in [3.63, 3.8) is 0 Å². The molecule has 0 heteroatoms. The van der Waals surface area contributed by atoms with Crippen molar-refractivity contribution >= 4 is 0 Å². The first-order valence-corrected chi connectivity index (χ1v) is 10.2. The fourth-order valence-electron chi connectivity index (χ4n) is 2.66. The molecule has 0 spiro atoms. The van der Waals surface area contributed by atoms with Crippen molar-refractivity contribution in [3.8, 4) is 23.7 Å². The molecule has 0 unspecified atom stereocenters. The summed E-state index contributed by atoms with van der Waals surface area (Å²) in [5.41, 5.74) is 0. The third kappa shape index (κ3) is 21.1. The first-order chi connectivity index (χ1) is 11.4. The normalized spacial score (nSPS) is 9.83. The molecule has 0 atom stereocenters. The minimum absolute atomic E-state index is 1.02. The van der Waals surface area contributed by atoms with Gasteiger partial charge in [-0.2, -0.15) is 0 Å². The minimum atomic E-state index is 1.02. The number of unbranched alkanes of at least 4 members (excludes halogenated alkanes) is 15. The molecule has 0 aromatic heterocycles. The molecule has 0 nitrogen and oxygen atoms in total. The number of rotatable bonds is 15. The van der Waals surface area contributed by atoms with Crippen LogP contribution in [0.15, 0.2) is 0 Å². The van der Waals surface area contributed by atoms with Crippen molar-refractivity contribution in [2.24, 2.45) is 0 Å². The second kappa shape index (κ2) is 21.1. The smallest absolute Gasteiger partial charge is 0.00989 e. The van der Waals surface area contributed by atoms with Crippen molar-refractivity contribution in [1.29, 1.82) is 0 Å². The summed E-state index contributed by atoms with van der Waals surface area (Å²) in [6, 6.07) is 0. The fraction of sp³-hybridized carbons (Fsp3) is 0.783. The molecule has 0 aliphatic rings. The van der Waals surface area contributed by atoms with E-state index >= 15 is 0 Å². The van der Waals surface area contributed by atoms with E-state index in [9.17, 15) is 0 Å². The monoisotopic (exact) mass is 315 g/mol. The Labute approximate surface area is 147 Å². The maximum absolute atomic E-state index is 3.87. The van der Waals surface area contributed by atoms with Gasteiger partial charge in [0.15, 0.2) is 0 Å². The van der Waals surface area contributed by atoms with Crippen LogP contribution in [0, 0.1) is 30.6 Å². The summed E-state index contributed by atoms with van der Waals surface area (Å²) in [4.78, 5) is 0. The summed E-state index contributed by atoms with van der Waals surface area (Å²) in [6.07, 6.45) is 22.0. The zero-order chi connectivity index (χ0) is 16.8. The molecule has 1 radical (unpaired) electrons. The highest BCUT2D eigenvalue weighted by molar-refractivity contribution is 5.25. The van der Waals surface area contributed by atoms with E-state index in [2.05, 4.69) is 37.5 Å². The summed E-state index contributed by atoms with van der Waals surface area (Å²) in [6.45, 7) is 6.14. The molecule has 0 amide bonds. The first kappa shape index (κ1) is 22.1. The Hall–Kier alpha value is -0.880. The molecule has 0 saturated heterocycles. The predicted octanol–water partition coefficient (Wildman–Crippen LogP) is 7.48. The Morgan fingerprint density at radius 1 is 0.522 bits per heavy atom. The fourth-order valence-corrected chi connectivity index (χ4v) is 2.66. The molecule has 0 aromatic rings. The standard InChI is InChI=1S/C23H39/c1-3-5-7-9-11-13-15-17-19-21-23-22-20-18-16-14-12-10-8-6-4-2/h1,3-18,20H2,2H3. The third-order valence-corrected chi connectivity index (χ3v) is 4.20. The molecule has 0 aliphatic carbocycles. The number of hydrogen-bond donors (Lipinski definition) is 0. The molecule has 0 saturated carbocycles. The van der Waals surface area contributed by atoms with E-state index in [0.29, 0.717) is 0 Å². The lowest BCUT2D eigenvalue weighted by Gasteiger charge is -1.98. The number of hydrogen-bond acceptors (Lipinski definition) is 0. The van der Waals surface area contributed by atoms with Crippen molar-refractivity contribution in [1.82, 2.24) is 0 Å². The van der Waals surface area contributed by atoms with Crippen LogP contribution >= 0.6 is 0 Å². The SMILES string of the molecule is [CH2]CCCCCCCCC#CC#CCCCCCCCCCC. The molecule has 0 heterocycles. The molecule has 0 aliphatic heterocycles. The highest BCUT2D eigenvalue weighted by Crippen LogP contribution is 2.09. The Kier molecular flexibility index (Phi) is 20.3. The molecular weight excluding hydrogens is 276 g/mol. The second-order valence-electron chi connectivity index (χ2n) is 6.55. The van der Waals surface area contributed by atoms with Gasteiger partial charge in [-0.3, -0.25) is 0 Å². The van der Waals surface area contributed by atoms with Crippen LogP contribution < -0.4 is 0 Å². The molecule has 0 aromatic carbocycles. The Morgan fingerprint density at radius 2 is 0.913 bits per heavy atom. The average Bonchev–Trinajstić information content (AvgIpc) is 2.57. The molecule has 131 valence electrons. The van der Waals surface area contributed by atoms with Crippen LogP contribution in [0.25, 0.3) is 0 Å². The molecule has 23 heavy (non-hydrogen) atoms. The van der Waals surface area contributed by atoms with Gasteiger partial charge >= 0.3 is 0 Å². The Balaban J connectivity index is 3.23. The van der Waals surface area contributed by atoms with Gasteiger partial charge in [0.2, 0.25) is 0 Å². The van der Waals surface area contributed by atoms with Gasteiger partial charge < -0.3 is 0 Å². The van der Waals surface area contributed by atoms with E-state index in [1.165, 1.54) is 89.9 Å². The molecule has 0 rings (SSSR count). The van der Waals surface area contributed by atoms with Gasteiger partial charge in [0.05, 0.1) is 0 Å². The van der Waals surface area contributed by atoms with Gasteiger partial charge in [0, 0.05) is 12.8 Å². The van der Waals surface area contributed by atoms with Crippen LogP contribution in [0.1, 0.15) is 116 Å². The molecule has 0 bridgehead atoms. The van der Waals surface area contributed by atoms with Gasteiger partial charge in [-0.25, -0.2) is 0 Å². The lowest BCUT2D eigenvalue weighted by molar-refractivity contribution is 0.579. The van der Waals surface area contributed by atoms with E-state index in [4.69, 9.17) is 0 Å². The van der Waals surface area contributed by atoms with Gasteiger partial charge in [0.1, 0.15) is 0 Å². The zero-order valence-electron chi connectivity index (χ0n) is 15.7. The van der Waals surface area contributed by atoms with Crippen LogP contribution in [0.4, 0.5) is 0 Å². The van der Waals surface area contributed by atoms with E-state index < -0.39 is 0 Å². The minimum Gasteiger partial charge on any atom is -0.0891 e. The van der Waals surface area contributed by atoms with Gasteiger partial charge in [-0.05, 0) is 24.7 Å². The van der Waals surface area contributed by atoms with Gasteiger partial charge in [-0.15, -0.1) is 0 Å². The maximum Gasteiger partial charge on any atom is 0.00989 e. The largest absolute Gasteiger partial charge is 0.0891 e. The van der Waals surface area contributed by atoms with E-state index in [-0.39, 0.29) is 0 Å². The quantitative estimate of drug-likeness (QED) is 0.217. The first-order valence-electron chi connectivity index (χ1n) is 10.2. The van der Waals surface area contributed by atoms with Crippen LogP contribution in [0.5, 0.6) is 0 Å². The van der Waals surface area contributed by atoms with Crippen molar-refractivity contribution in [3.05, 3.63) is 6.92 Å². The average molecular weight is 316 g/mol. The van der Waals surface area contributed by atoms with Crippen LogP contribution in [0.2, 0.25) is 0 Å². The van der Waals surface area contributed by atoms with E-state index in [1.807, 2.05) is 0 Å². The van der Waals surface area contributed by atoms with Crippen molar-refractivity contribution in [2.45, 2.75) is 116 Å². The predicted molar refractivity (Wildman–Crippen MR) is 105 cm³/mol. The lowest BCUT2D eigenvalue weighted by atomic mass is 10.1. The third-order valence-electron chi connectivity index (χ3n) is 4.20. The Bertz CT molecular complexity index is 331. The topological polar surface area (TPSA) is 0 Å². The highest BCUT2D eigenvalue weighted by atomic mass is 14.0. The Morgan fingerprint density at radius 3 is 1.35 bits per heavy atom. The summed E-state index contributed by atoms with van der Waals surface area (Å²) in [7, 11) is 0. The molecular formula is C23H39. The summed E-state index contributed by atoms with van der Waals surface area (Å²) < 4.78 is 0. The van der Waals surface area contributed by atoms with Gasteiger partial charge in [-0.1, -0.05) is 109 Å². The van der Waals surface area contributed by atoms with Gasteiger partial charge in [0.25, 0.3) is 0 Å². The maximum atomic E-state index is 3.87. The second-order valence-corrected chi connectivity index (χ2v) is 6.55. The van der Waals surface area contributed by atoms with E-state index in [0.717, 1.165) is 19.3 Å². The molecule has 0 N–H and O–H groups in total. The van der Waals surface area contributed by atoms with Crippen LogP contribution in [-0.2, 0) is 0 Å². The zero-order valence-corrected chi connectivity index (χ0v) is 15.7. The van der Waals surface area contributed by atoms with Crippen molar-refractivity contribution < 1.29 is 0 Å². The summed E-state index contributed by atoms with van der Waals surface area (Å²) in [5.74, 6) is 12.4. The summed E-state index contributed by atoms with van der Waals surface area (Å²) in [5, 5.41) is 0.